The number of nitro groups is 1. The molecule has 0 radical (unpaired) electrons. The molecule has 4 rings (SSSR count). The highest BCUT2D eigenvalue weighted by Crippen LogP contribution is 2.14. The summed E-state index contributed by atoms with van der Waals surface area (Å²) in [7, 11) is 0. The number of nitro benzene ring substituents is 1. The molecule has 10 nitrogen and oxygen atoms in total. The second kappa shape index (κ2) is 7.59. The minimum Gasteiger partial charge on any atom is -0.273 e. The molecule has 2 aromatic heterocycles. The van der Waals surface area contributed by atoms with Gasteiger partial charge in [-0.1, -0.05) is 29.8 Å². The van der Waals surface area contributed by atoms with Crippen LogP contribution < -0.4 is 11.0 Å². The van der Waals surface area contributed by atoms with Gasteiger partial charge in [-0.25, -0.2) is 14.3 Å². The van der Waals surface area contributed by atoms with Crippen molar-refractivity contribution in [2.75, 3.05) is 5.43 Å². The number of benzene rings is 2. The van der Waals surface area contributed by atoms with Crippen LogP contribution in [-0.4, -0.2) is 30.3 Å². The standard InChI is InChI=1S/C20H16N6O4/c1-13-2-6-15(7-3-13)25-19-17(11-22-25)20(28)24(12-21-19)23-18(27)10-14-4-8-16(9-5-14)26(29)30/h2-9,11-12H,10H2,1H3,(H,23,27). The molecule has 30 heavy (non-hydrogen) atoms. The van der Waals surface area contributed by atoms with Gasteiger partial charge in [0, 0.05) is 12.1 Å². The van der Waals surface area contributed by atoms with Gasteiger partial charge < -0.3 is 0 Å². The summed E-state index contributed by atoms with van der Waals surface area (Å²) in [4.78, 5) is 39.5. The molecule has 0 aliphatic heterocycles. The van der Waals surface area contributed by atoms with E-state index in [2.05, 4.69) is 15.5 Å². The van der Waals surface area contributed by atoms with Crippen LogP contribution in [0.1, 0.15) is 11.1 Å². The molecule has 1 amide bonds. The predicted molar refractivity (Wildman–Crippen MR) is 109 cm³/mol. The first-order valence-corrected chi connectivity index (χ1v) is 8.98. The van der Waals surface area contributed by atoms with Gasteiger partial charge in [0.2, 0.25) is 5.91 Å². The van der Waals surface area contributed by atoms with E-state index in [1.54, 1.807) is 4.68 Å². The SMILES string of the molecule is Cc1ccc(-n2ncc3c(=O)n(NC(=O)Cc4ccc([N+](=O)[O-])cc4)cnc32)cc1. The van der Waals surface area contributed by atoms with Gasteiger partial charge in [0.1, 0.15) is 11.7 Å². The smallest absolute Gasteiger partial charge is 0.273 e. The first-order chi connectivity index (χ1) is 14.4. The molecule has 0 unspecified atom stereocenters. The van der Waals surface area contributed by atoms with E-state index in [1.165, 1.54) is 36.8 Å². The molecule has 0 aliphatic rings. The fourth-order valence-corrected chi connectivity index (χ4v) is 2.96. The summed E-state index contributed by atoms with van der Waals surface area (Å²) in [5.41, 5.74) is 4.77. The molecular formula is C20H16N6O4. The monoisotopic (exact) mass is 404 g/mol. The second-order valence-corrected chi connectivity index (χ2v) is 6.68. The average molecular weight is 404 g/mol. The van der Waals surface area contributed by atoms with Crippen LogP contribution in [0.3, 0.4) is 0 Å². The average Bonchev–Trinajstić information content (AvgIpc) is 3.16. The van der Waals surface area contributed by atoms with Crippen molar-refractivity contribution in [2.24, 2.45) is 0 Å². The number of hydrogen-bond donors (Lipinski definition) is 1. The Kier molecular flexibility index (Phi) is 4.80. The van der Waals surface area contributed by atoms with E-state index in [4.69, 9.17) is 0 Å². The number of rotatable bonds is 5. The molecule has 150 valence electrons. The lowest BCUT2D eigenvalue weighted by Crippen LogP contribution is -2.34. The molecule has 0 saturated heterocycles. The van der Waals surface area contributed by atoms with Crippen molar-refractivity contribution in [3.8, 4) is 5.69 Å². The fraction of sp³-hybridized carbons (Fsp3) is 0.100. The molecule has 0 aliphatic carbocycles. The third-order valence-corrected chi connectivity index (χ3v) is 4.52. The van der Waals surface area contributed by atoms with E-state index in [0.29, 0.717) is 11.2 Å². The van der Waals surface area contributed by atoms with Crippen LogP contribution in [0.4, 0.5) is 5.69 Å². The third kappa shape index (κ3) is 3.65. The summed E-state index contributed by atoms with van der Waals surface area (Å²) in [6.45, 7) is 1.97. The summed E-state index contributed by atoms with van der Waals surface area (Å²) in [6, 6.07) is 13.2. The fourth-order valence-electron chi connectivity index (χ4n) is 2.96. The maximum absolute atomic E-state index is 12.7. The Balaban J connectivity index is 1.55. The Labute approximate surface area is 169 Å². The van der Waals surface area contributed by atoms with Gasteiger partial charge >= 0.3 is 0 Å². The highest BCUT2D eigenvalue weighted by molar-refractivity contribution is 5.86. The largest absolute Gasteiger partial charge is 0.283 e. The molecule has 0 fully saturated rings. The lowest BCUT2D eigenvalue weighted by Gasteiger charge is -2.08. The second-order valence-electron chi connectivity index (χ2n) is 6.68. The molecule has 1 N–H and O–H groups in total. The first kappa shape index (κ1) is 19.0. The molecule has 0 spiro atoms. The number of nitrogens with one attached hydrogen (secondary N) is 1. The quantitative estimate of drug-likeness (QED) is 0.401. The first-order valence-electron chi connectivity index (χ1n) is 8.98. The van der Waals surface area contributed by atoms with Crippen LogP contribution in [0.2, 0.25) is 0 Å². The summed E-state index contributed by atoms with van der Waals surface area (Å²) in [6.07, 6.45) is 2.58. The number of nitrogens with zero attached hydrogens (tertiary/aromatic N) is 5. The van der Waals surface area contributed by atoms with E-state index in [0.717, 1.165) is 15.9 Å². The maximum atomic E-state index is 12.7. The van der Waals surface area contributed by atoms with Crippen molar-refractivity contribution in [3.63, 3.8) is 0 Å². The number of carbonyl (C=O) groups is 1. The highest BCUT2D eigenvalue weighted by atomic mass is 16.6. The van der Waals surface area contributed by atoms with E-state index in [-0.39, 0.29) is 17.5 Å². The topological polar surface area (TPSA) is 125 Å². The van der Waals surface area contributed by atoms with E-state index in [9.17, 15) is 19.7 Å². The molecule has 0 bridgehead atoms. The summed E-state index contributed by atoms with van der Waals surface area (Å²) in [5.74, 6) is -0.460. The predicted octanol–water partition coefficient (Wildman–Crippen LogP) is 2.11. The maximum Gasteiger partial charge on any atom is 0.283 e. The van der Waals surface area contributed by atoms with Crippen LogP contribution >= 0.6 is 0 Å². The summed E-state index contributed by atoms with van der Waals surface area (Å²) in [5, 5.41) is 15.2. The Morgan fingerprint density at radius 3 is 2.50 bits per heavy atom. The number of non-ortho nitro benzene ring substituents is 1. The van der Waals surface area contributed by atoms with Crippen LogP contribution in [0, 0.1) is 17.0 Å². The van der Waals surface area contributed by atoms with Crippen molar-refractivity contribution >= 4 is 22.6 Å². The zero-order valence-electron chi connectivity index (χ0n) is 15.8. The van der Waals surface area contributed by atoms with Gasteiger partial charge in [-0.2, -0.15) is 5.10 Å². The molecule has 2 heterocycles. The zero-order valence-corrected chi connectivity index (χ0v) is 15.8. The van der Waals surface area contributed by atoms with Gasteiger partial charge in [-0.3, -0.25) is 25.1 Å². The van der Waals surface area contributed by atoms with Gasteiger partial charge in [-0.15, -0.1) is 0 Å². The van der Waals surface area contributed by atoms with Gasteiger partial charge in [0.05, 0.1) is 23.2 Å². The van der Waals surface area contributed by atoms with Crippen LogP contribution in [0.15, 0.2) is 65.8 Å². The molecule has 10 heteroatoms. The number of hydrogen-bond acceptors (Lipinski definition) is 6. The van der Waals surface area contributed by atoms with Crippen molar-refractivity contribution in [2.45, 2.75) is 13.3 Å². The number of aromatic nitrogens is 4. The van der Waals surface area contributed by atoms with Gasteiger partial charge in [0.15, 0.2) is 5.65 Å². The van der Waals surface area contributed by atoms with E-state index < -0.39 is 16.4 Å². The molecule has 2 aromatic carbocycles. The van der Waals surface area contributed by atoms with Crippen LogP contribution in [-0.2, 0) is 11.2 Å². The number of carbonyl (C=O) groups excluding carboxylic acids is 1. The lowest BCUT2D eigenvalue weighted by atomic mass is 10.1. The number of fused-ring (bicyclic) bond motifs is 1. The van der Waals surface area contributed by atoms with Crippen molar-refractivity contribution in [1.29, 1.82) is 0 Å². The Morgan fingerprint density at radius 2 is 1.83 bits per heavy atom. The number of aryl methyl sites for hydroxylation is 1. The minimum absolute atomic E-state index is 0.0505. The lowest BCUT2D eigenvalue weighted by molar-refractivity contribution is -0.384. The van der Waals surface area contributed by atoms with E-state index in [1.807, 2.05) is 31.2 Å². The minimum atomic E-state index is -0.513. The molecule has 0 saturated carbocycles. The molecular weight excluding hydrogens is 388 g/mol. The van der Waals surface area contributed by atoms with Crippen molar-refractivity contribution in [1.82, 2.24) is 19.4 Å². The van der Waals surface area contributed by atoms with E-state index >= 15 is 0 Å². The number of amides is 1. The zero-order chi connectivity index (χ0) is 21.3. The normalized spacial score (nSPS) is 10.8. The Hall–Kier alpha value is -4.34. The van der Waals surface area contributed by atoms with Crippen LogP contribution in [0.5, 0.6) is 0 Å². The van der Waals surface area contributed by atoms with Crippen molar-refractivity contribution < 1.29 is 9.72 Å². The Morgan fingerprint density at radius 1 is 1.13 bits per heavy atom. The highest BCUT2D eigenvalue weighted by Gasteiger charge is 2.13. The third-order valence-electron chi connectivity index (χ3n) is 4.52. The summed E-state index contributed by atoms with van der Waals surface area (Å²) < 4.78 is 2.55. The van der Waals surface area contributed by atoms with Gasteiger partial charge in [-0.05, 0) is 24.6 Å². The van der Waals surface area contributed by atoms with Crippen molar-refractivity contribution in [3.05, 3.63) is 92.7 Å². The molecule has 4 aromatic rings. The summed E-state index contributed by atoms with van der Waals surface area (Å²) >= 11 is 0. The van der Waals surface area contributed by atoms with Crippen LogP contribution in [0.25, 0.3) is 16.7 Å². The molecule has 0 atom stereocenters. The Bertz CT molecular complexity index is 1310. The van der Waals surface area contributed by atoms with Gasteiger partial charge in [0.25, 0.3) is 11.2 Å².